The molecule has 0 radical (unpaired) electrons. The highest BCUT2D eigenvalue weighted by molar-refractivity contribution is 9.09. The van der Waals surface area contributed by atoms with Gasteiger partial charge in [0.05, 0.1) is 0 Å². The molecule has 1 nitrogen and oxygen atoms in total. The number of nitrogens with one attached hydrogen (secondary N) is 1. The maximum absolute atomic E-state index is 5.79. The van der Waals surface area contributed by atoms with Crippen LogP contribution in [-0.2, 0) is 6.54 Å². The standard InChI is InChI=1S/C11H15BrClN/c12-7-1-2-8-14-9-10-3-5-11(13)6-4-10/h3-6,14H,1-2,7-9H2. The molecule has 1 aromatic rings. The van der Waals surface area contributed by atoms with Gasteiger partial charge in [0.2, 0.25) is 0 Å². The molecular weight excluding hydrogens is 261 g/mol. The number of unbranched alkanes of at least 4 members (excludes halogenated alkanes) is 1. The molecule has 0 atom stereocenters. The van der Waals surface area contributed by atoms with Crippen LogP contribution in [0.4, 0.5) is 0 Å². The van der Waals surface area contributed by atoms with Crippen molar-refractivity contribution < 1.29 is 0 Å². The Hall–Kier alpha value is -0.0500. The van der Waals surface area contributed by atoms with Gasteiger partial charge in [-0.1, -0.05) is 39.7 Å². The predicted molar refractivity (Wildman–Crippen MR) is 66.2 cm³/mol. The Labute approximate surface area is 99.0 Å². The molecule has 0 amide bonds. The predicted octanol–water partition coefficient (Wildman–Crippen LogP) is 3.60. The molecule has 0 spiro atoms. The fourth-order valence-electron chi connectivity index (χ4n) is 1.18. The Morgan fingerprint density at radius 1 is 1.14 bits per heavy atom. The fourth-order valence-corrected chi connectivity index (χ4v) is 1.70. The van der Waals surface area contributed by atoms with E-state index in [1.165, 1.54) is 18.4 Å². The second-order valence-electron chi connectivity index (χ2n) is 3.20. The van der Waals surface area contributed by atoms with Crippen molar-refractivity contribution >= 4 is 27.5 Å². The van der Waals surface area contributed by atoms with Gasteiger partial charge >= 0.3 is 0 Å². The van der Waals surface area contributed by atoms with Gasteiger partial charge in [-0.3, -0.25) is 0 Å². The van der Waals surface area contributed by atoms with Crippen molar-refractivity contribution in [3.8, 4) is 0 Å². The van der Waals surface area contributed by atoms with E-state index in [4.69, 9.17) is 11.6 Å². The summed E-state index contributed by atoms with van der Waals surface area (Å²) in [6.07, 6.45) is 2.45. The summed E-state index contributed by atoms with van der Waals surface area (Å²) in [6, 6.07) is 7.97. The van der Waals surface area contributed by atoms with Crippen LogP contribution in [-0.4, -0.2) is 11.9 Å². The first-order chi connectivity index (χ1) is 6.83. The Balaban J connectivity index is 2.15. The number of alkyl halides is 1. The third-order valence-electron chi connectivity index (χ3n) is 1.98. The summed E-state index contributed by atoms with van der Waals surface area (Å²) in [5.41, 5.74) is 1.29. The summed E-state index contributed by atoms with van der Waals surface area (Å²) in [6.45, 7) is 2.01. The molecule has 1 rings (SSSR count). The van der Waals surface area contributed by atoms with Gasteiger partial charge in [-0.05, 0) is 37.1 Å². The van der Waals surface area contributed by atoms with E-state index in [-0.39, 0.29) is 0 Å². The summed E-state index contributed by atoms with van der Waals surface area (Å²) in [5.74, 6) is 0. The zero-order chi connectivity index (χ0) is 10.2. The zero-order valence-corrected chi connectivity index (χ0v) is 10.4. The minimum atomic E-state index is 0.799. The molecule has 3 heteroatoms. The second kappa shape index (κ2) is 7.27. The molecule has 14 heavy (non-hydrogen) atoms. The van der Waals surface area contributed by atoms with Crippen LogP contribution in [0.3, 0.4) is 0 Å². The molecule has 0 saturated heterocycles. The first-order valence-corrected chi connectivity index (χ1v) is 6.34. The number of hydrogen-bond acceptors (Lipinski definition) is 1. The highest BCUT2D eigenvalue weighted by Gasteiger charge is 1.92. The number of benzene rings is 1. The van der Waals surface area contributed by atoms with E-state index in [9.17, 15) is 0 Å². The summed E-state index contributed by atoms with van der Waals surface area (Å²) in [7, 11) is 0. The van der Waals surface area contributed by atoms with Crippen LogP contribution in [0.2, 0.25) is 5.02 Å². The van der Waals surface area contributed by atoms with Crippen LogP contribution >= 0.6 is 27.5 Å². The van der Waals surface area contributed by atoms with Crippen molar-refractivity contribution in [2.24, 2.45) is 0 Å². The normalized spacial score (nSPS) is 10.4. The van der Waals surface area contributed by atoms with Gasteiger partial charge < -0.3 is 5.32 Å². The average Bonchev–Trinajstić information content (AvgIpc) is 2.21. The van der Waals surface area contributed by atoms with Crippen molar-refractivity contribution in [3.63, 3.8) is 0 Å². The van der Waals surface area contributed by atoms with E-state index in [2.05, 4.69) is 33.4 Å². The molecule has 0 unspecified atom stereocenters. The average molecular weight is 277 g/mol. The first kappa shape index (κ1) is 12.0. The molecular formula is C11H15BrClN. The fraction of sp³-hybridized carbons (Fsp3) is 0.455. The monoisotopic (exact) mass is 275 g/mol. The van der Waals surface area contributed by atoms with Crippen LogP contribution < -0.4 is 5.32 Å². The lowest BCUT2D eigenvalue weighted by atomic mass is 10.2. The lowest BCUT2D eigenvalue weighted by Crippen LogP contribution is -2.14. The zero-order valence-electron chi connectivity index (χ0n) is 8.10. The van der Waals surface area contributed by atoms with Crippen LogP contribution in [0.15, 0.2) is 24.3 Å². The van der Waals surface area contributed by atoms with E-state index in [1.54, 1.807) is 0 Å². The Bertz CT molecular complexity index is 248. The highest BCUT2D eigenvalue weighted by atomic mass is 79.9. The van der Waals surface area contributed by atoms with Gasteiger partial charge in [-0.15, -0.1) is 0 Å². The van der Waals surface area contributed by atoms with Crippen LogP contribution in [0, 0.1) is 0 Å². The van der Waals surface area contributed by atoms with Crippen molar-refractivity contribution in [3.05, 3.63) is 34.9 Å². The molecule has 0 aliphatic carbocycles. The lowest BCUT2D eigenvalue weighted by molar-refractivity contribution is 0.645. The Morgan fingerprint density at radius 3 is 2.50 bits per heavy atom. The molecule has 1 aromatic carbocycles. The van der Waals surface area contributed by atoms with Crippen molar-refractivity contribution in [1.82, 2.24) is 5.32 Å². The van der Waals surface area contributed by atoms with Gasteiger partial charge in [0.25, 0.3) is 0 Å². The van der Waals surface area contributed by atoms with Gasteiger partial charge in [-0.25, -0.2) is 0 Å². The van der Waals surface area contributed by atoms with E-state index < -0.39 is 0 Å². The summed E-state index contributed by atoms with van der Waals surface area (Å²) >= 11 is 9.20. The summed E-state index contributed by atoms with van der Waals surface area (Å²) in [5, 5.41) is 5.28. The molecule has 0 aliphatic heterocycles. The maximum Gasteiger partial charge on any atom is 0.0406 e. The summed E-state index contributed by atoms with van der Waals surface area (Å²) in [4.78, 5) is 0. The third-order valence-corrected chi connectivity index (χ3v) is 2.79. The molecule has 0 aliphatic rings. The number of halogens is 2. The molecule has 1 N–H and O–H groups in total. The molecule has 0 aromatic heterocycles. The smallest absolute Gasteiger partial charge is 0.0406 e. The minimum absolute atomic E-state index is 0.799. The topological polar surface area (TPSA) is 12.0 Å². The van der Waals surface area contributed by atoms with Gasteiger partial charge in [0, 0.05) is 16.9 Å². The third kappa shape index (κ3) is 4.99. The number of hydrogen-bond donors (Lipinski definition) is 1. The van der Waals surface area contributed by atoms with E-state index in [1.807, 2.05) is 12.1 Å². The lowest BCUT2D eigenvalue weighted by Gasteiger charge is -2.03. The molecule has 0 bridgehead atoms. The quantitative estimate of drug-likeness (QED) is 0.618. The van der Waals surface area contributed by atoms with E-state index in [0.29, 0.717) is 0 Å². The molecule has 0 saturated carbocycles. The van der Waals surface area contributed by atoms with E-state index >= 15 is 0 Å². The van der Waals surface area contributed by atoms with Gasteiger partial charge in [0.15, 0.2) is 0 Å². The minimum Gasteiger partial charge on any atom is -0.313 e. The van der Waals surface area contributed by atoms with Crippen molar-refractivity contribution in [2.75, 3.05) is 11.9 Å². The van der Waals surface area contributed by atoms with Crippen molar-refractivity contribution in [2.45, 2.75) is 19.4 Å². The largest absolute Gasteiger partial charge is 0.313 e. The molecule has 0 heterocycles. The van der Waals surface area contributed by atoms with Crippen LogP contribution in [0.5, 0.6) is 0 Å². The SMILES string of the molecule is Clc1ccc(CNCCCCBr)cc1. The Morgan fingerprint density at radius 2 is 1.86 bits per heavy atom. The van der Waals surface area contributed by atoms with E-state index in [0.717, 1.165) is 23.4 Å². The van der Waals surface area contributed by atoms with Gasteiger partial charge in [0.1, 0.15) is 0 Å². The molecule has 78 valence electrons. The first-order valence-electron chi connectivity index (χ1n) is 4.84. The van der Waals surface area contributed by atoms with Crippen LogP contribution in [0.1, 0.15) is 18.4 Å². The Kier molecular flexibility index (Phi) is 6.24. The summed E-state index contributed by atoms with van der Waals surface area (Å²) < 4.78 is 0. The maximum atomic E-state index is 5.79. The van der Waals surface area contributed by atoms with Crippen LogP contribution in [0.25, 0.3) is 0 Å². The van der Waals surface area contributed by atoms with Crippen molar-refractivity contribution in [1.29, 1.82) is 0 Å². The molecule has 0 fully saturated rings. The van der Waals surface area contributed by atoms with Gasteiger partial charge in [-0.2, -0.15) is 0 Å². The highest BCUT2D eigenvalue weighted by Crippen LogP contribution is 2.09. The second-order valence-corrected chi connectivity index (χ2v) is 4.43. The number of rotatable bonds is 6.